The van der Waals surface area contributed by atoms with Gasteiger partial charge >= 0.3 is 0 Å². The van der Waals surface area contributed by atoms with Crippen molar-refractivity contribution in [2.24, 2.45) is 0 Å². The van der Waals surface area contributed by atoms with Crippen LogP contribution in [0.1, 0.15) is 34.8 Å². The summed E-state index contributed by atoms with van der Waals surface area (Å²) in [5.74, 6) is 0.111. The van der Waals surface area contributed by atoms with Gasteiger partial charge in [0.2, 0.25) is 0 Å². The second kappa shape index (κ2) is 6.32. The molecule has 0 spiro atoms. The molecule has 0 fully saturated rings. The Balaban J connectivity index is 2.74. The highest BCUT2D eigenvalue weighted by atomic mass is 16.1. The van der Waals surface area contributed by atoms with Gasteiger partial charge in [-0.25, -0.2) is 0 Å². The molecule has 96 valence electrons. The normalized spacial score (nSPS) is 12.2. The highest BCUT2D eigenvalue weighted by Gasteiger charge is 2.15. The molecule has 0 heterocycles. The van der Waals surface area contributed by atoms with Gasteiger partial charge in [-0.2, -0.15) is 5.26 Å². The van der Waals surface area contributed by atoms with E-state index in [0.29, 0.717) is 13.0 Å². The lowest BCUT2D eigenvalue weighted by atomic mass is 10.0. The minimum Gasteiger partial charge on any atom is -0.295 e. The number of likely N-dealkylation sites (N-methyl/N-ethyl adjacent to an activating group) is 1. The van der Waals surface area contributed by atoms with Crippen LogP contribution >= 0.6 is 0 Å². The number of nitrogens with zero attached hydrogens (tertiary/aromatic N) is 2. The molecule has 1 atom stereocenters. The van der Waals surface area contributed by atoms with E-state index in [1.165, 1.54) is 0 Å². The molecule has 3 heteroatoms. The number of rotatable bonds is 5. The SMILES string of the molecule is Cc1ccc(C(=O)CN(C)C(C)CC#N)c(C)c1. The van der Waals surface area contributed by atoms with E-state index in [2.05, 4.69) is 6.07 Å². The molecule has 0 saturated carbocycles. The number of hydrogen-bond donors (Lipinski definition) is 0. The topological polar surface area (TPSA) is 44.1 Å². The van der Waals surface area contributed by atoms with Crippen molar-refractivity contribution in [3.05, 3.63) is 34.9 Å². The van der Waals surface area contributed by atoms with Crippen LogP contribution in [0, 0.1) is 25.2 Å². The van der Waals surface area contributed by atoms with Gasteiger partial charge in [0.15, 0.2) is 5.78 Å². The first-order valence-corrected chi connectivity index (χ1v) is 6.13. The van der Waals surface area contributed by atoms with E-state index in [1.807, 2.05) is 50.9 Å². The van der Waals surface area contributed by atoms with Crippen LogP contribution < -0.4 is 0 Å². The zero-order valence-electron chi connectivity index (χ0n) is 11.5. The Morgan fingerprint density at radius 3 is 2.67 bits per heavy atom. The number of nitriles is 1. The van der Waals surface area contributed by atoms with Gasteiger partial charge in [0.1, 0.15) is 0 Å². The molecule has 0 radical (unpaired) electrons. The largest absolute Gasteiger partial charge is 0.295 e. The van der Waals surface area contributed by atoms with E-state index >= 15 is 0 Å². The van der Waals surface area contributed by atoms with E-state index in [-0.39, 0.29) is 11.8 Å². The Bertz CT molecular complexity index is 474. The summed E-state index contributed by atoms with van der Waals surface area (Å²) in [6.07, 6.45) is 0.441. The maximum atomic E-state index is 12.2. The third kappa shape index (κ3) is 3.68. The third-order valence-electron chi connectivity index (χ3n) is 3.21. The van der Waals surface area contributed by atoms with Crippen LogP contribution in [0.25, 0.3) is 0 Å². The van der Waals surface area contributed by atoms with E-state index in [9.17, 15) is 4.79 Å². The molecular weight excluding hydrogens is 224 g/mol. The average molecular weight is 244 g/mol. The fraction of sp³-hybridized carbons (Fsp3) is 0.467. The Morgan fingerprint density at radius 2 is 2.11 bits per heavy atom. The van der Waals surface area contributed by atoms with Crippen molar-refractivity contribution in [1.82, 2.24) is 4.90 Å². The Labute approximate surface area is 109 Å². The summed E-state index contributed by atoms with van der Waals surface area (Å²) >= 11 is 0. The fourth-order valence-corrected chi connectivity index (χ4v) is 1.88. The monoisotopic (exact) mass is 244 g/mol. The van der Waals surface area contributed by atoms with Crippen molar-refractivity contribution < 1.29 is 4.79 Å². The summed E-state index contributed by atoms with van der Waals surface area (Å²) in [6, 6.07) is 8.09. The second-order valence-corrected chi connectivity index (χ2v) is 4.87. The lowest BCUT2D eigenvalue weighted by Gasteiger charge is -2.22. The third-order valence-corrected chi connectivity index (χ3v) is 3.21. The molecule has 1 aromatic rings. The predicted molar refractivity (Wildman–Crippen MR) is 72.6 cm³/mol. The smallest absolute Gasteiger partial charge is 0.177 e. The molecule has 0 aliphatic heterocycles. The standard InChI is InChI=1S/C15H20N2O/c1-11-5-6-14(12(2)9-11)15(18)10-17(4)13(3)7-8-16/h5-6,9,13H,7,10H2,1-4H3. The average Bonchev–Trinajstić information content (AvgIpc) is 2.28. The van der Waals surface area contributed by atoms with E-state index in [4.69, 9.17) is 5.26 Å². The maximum absolute atomic E-state index is 12.2. The lowest BCUT2D eigenvalue weighted by Crippen LogP contribution is -2.33. The van der Waals surface area contributed by atoms with Crippen LogP contribution in [-0.4, -0.2) is 30.3 Å². The molecule has 0 aliphatic carbocycles. The van der Waals surface area contributed by atoms with Crippen molar-refractivity contribution >= 4 is 5.78 Å². The number of Topliss-reactive ketones (excluding diaryl/α,β-unsaturated/α-hetero) is 1. The Morgan fingerprint density at radius 1 is 1.44 bits per heavy atom. The molecule has 0 saturated heterocycles. The highest BCUT2D eigenvalue weighted by Crippen LogP contribution is 2.12. The molecular formula is C15H20N2O. The first-order chi connectivity index (χ1) is 8.45. The molecule has 1 aromatic carbocycles. The van der Waals surface area contributed by atoms with Gasteiger partial charge in [-0.15, -0.1) is 0 Å². The van der Waals surface area contributed by atoms with Crippen molar-refractivity contribution in [2.75, 3.05) is 13.6 Å². The summed E-state index contributed by atoms with van der Waals surface area (Å²) < 4.78 is 0. The Kier molecular flexibility index (Phi) is 5.06. The van der Waals surface area contributed by atoms with Crippen molar-refractivity contribution in [3.8, 4) is 6.07 Å². The summed E-state index contributed by atoms with van der Waals surface area (Å²) in [4.78, 5) is 14.1. The van der Waals surface area contributed by atoms with Crippen LogP contribution in [0.4, 0.5) is 0 Å². The molecule has 0 bridgehead atoms. The van der Waals surface area contributed by atoms with Crippen LogP contribution in [0.5, 0.6) is 0 Å². The highest BCUT2D eigenvalue weighted by molar-refractivity contribution is 5.98. The van der Waals surface area contributed by atoms with Gasteiger partial charge in [0, 0.05) is 11.6 Å². The maximum Gasteiger partial charge on any atom is 0.177 e. The van der Waals surface area contributed by atoms with E-state index < -0.39 is 0 Å². The van der Waals surface area contributed by atoms with Crippen molar-refractivity contribution in [1.29, 1.82) is 5.26 Å². The molecule has 0 N–H and O–H groups in total. The first-order valence-electron chi connectivity index (χ1n) is 6.13. The lowest BCUT2D eigenvalue weighted by molar-refractivity contribution is 0.0925. The summed E-state index contributed by atoms with van der Waals surface area (Å²) in [5, 5.41) is 8.65. The molecule has 1 unspecified atom stereocenters. The van der Waals surface area contributed by atoms with Gasteiger partial charge in [-0.1, -0.05) is 23.8 Å². The number of carbonyl (C=O) groups is 1. The number of hydrogen-bond acceptors (Lipinski definition) is 3. The van der Waals surface area contributed by atoms with E-state index in [1.54, 1.807) is 0 Å². The predicted octanol–water partition coefficient (Wildman–Crippen LogP) is 2.72. The summed E-state index contributed by atoms with van der Waals surface area (Å²) in [5.41, 5.74) is 2.95. The van der Waals surface area contributed by atoms with Crippen molar-refractivity contribution in [2.45, 2.75) is 33.2 Å². The number of benzene rings is 1. The quantitative estimate of drug-likeness (QED) is 0.748. The summed E-state index contributed by atoms with van der Waals surface area (Å²) in [7, 11) is 1.88. The van der Waals surface area contributed by atoms with E-state index in [0.717, 1.165) is 16.7 Å². The van der Waals surface area contributed by atoms with Gasteiger partial charge in [0.05, 0.1) is 19.0 Å². The molecule has 18 heavy (non-hydrogen) atoms. The van der Waals surface area contributed by atoms with Crippen LogP contribution in [-0.2, 0) is 0 Å². The molecule has 3 nitrogen and oxygen atoms in total. The minimum absolute atomic E-state index is 0.102. The minimum atomic E-state index is 0.102. The van der Waals surface area contributed by atoms with Crippen LogP contribution in [0.3, 0.4) is 0 Å². The molecule has 0 amide bonds. The fourth-order valence-electron chi connectivity index (χ4n) is 1.88. The molecule has 0 aromatic heterocycles. The first kappa shape index (κ1) is 14.4. The van der Waals surface area contributed by atoms with Crippen LogP contribution in [0.2, 0.25) is 0 Å². The van der Waals surface area contributed by atoms with Gasteiger partial charge < -0.3 is 0 Å². The number of ketones is 1. The second-order valence-electron chi connectivity index (χ2n) is 4.87. The zero-order valence-corrected chi connectivity index (χ0v) is 11.5. The summed E-state index contributed by atoms with van der Waals surface area (Å²) in [6.45, 7) is 6.28. The number of aryl methyl sites for hydroxylation is 2. The van der Waals surface area contributed by atoms with Gasteiger partial charge in [-0.3, -0.25) is 9.69 Å². The van der Waals surface area contributed by atoms with Gasteiger partial charge in [0.25, 0.3) is 0 Å². The number of carbonyl (C=O) groups excluding carboxylic acids is 1. The zero-order chi connectivity index (χ0) is 13.7. The van der Waals surface area contributed by atoms with Gasteiger partial charge in [-0.05, 0) is 33.4 Å². The Hall–Kier alpha value is -1.66. The molecule has 1 rings (SSSR count). The molecule has 0 aliphatic rings. The van der Waals surface area contributed by atoms with Crippen LogP contribution in [0.15, 0.2) is 18.2 Å². The van der Waals surface area contributed by atoms with Crippen molar-refractivity contribution in [3.63, 3.8) is 0 Å².